The molecule has 0 bridgehead atoms. The molecule has 0 saturated heterocycles. The highest BCUT2D eigenvalue weighted by molar-refractivity contribution is 5.76. The van der Waals surface area contributed by atoms with Crippen molar-refractivity contribution in [3.63, 3.8) is 0 Å². The van der Waals surface area contributed by atoms with Crippen LogP contribution >= 0.6 is 0 Å². The molecule has 0 saturated carbocycles. The molecule has 1 rings (SSSR count). The van der Waals surface area contributed by atoms with Gasteiger partial charge in [-0.05, 0) is 19.1 Å². The Morgan fingerprint density at radius 1 is 1.39 bits per heavy atom. The van der Waals surface area contributed by atoms with Crippen molar-refractivity contribution in [3.8, 4) is 5.75 Å². The van der Waals surface area contributed by atoms with Crippen LogP contribution in [-0.4, -0.2) is 25.3 Å². The van der Waals surface area contributed by atoms with E-state index in [1.54, 1.807) is 6.92 Å². The highest BCUT2D eigenvalue weighted by Gasteiger charge is 2.13. The van der Waals surface area contributed by atoms with Crippen LogP contribution in [0.25, 0.3) is 0 Å². The van der Waals surface area contributed by atoms with Crippen LogP contribution in [0.2, 0.25) is 0 Å². The zero-order valence-electron chi connectivity index (χ0n) is 9.83. The minimum absolute atomic E-state index is 0.00213. The number of carbonyl (C=O) groups excluding carboxylic acids is 2. The molecule has 0 aliphatic carbocycles. The molecule has 0 spiro atoms. The highest BCUT2D eigenvalue weighted by Crippen LogP contribution is 2.22. The van der Waals surface area contributed by atoms with Crippen LogP contribution in [0.15, 0.2) is 12.1 Å². The summed E-state index contributed by atoms with van der Waals surface area (Å²) in [6.07, 6.45) is 0.340. The maximum atomic E-state index is 13.3. The van der Waals surface area contributed by atoms with Crippen molar-refractivity contribution in [1.29, 1.82) is 0 Å². The lowest BCUT2D eigenvalue weighted by Gasteiger charge is -2.08. The smallest absolute Gasteiger partial charge is 0.223 e. The standard InChI is InChI=1S/C12H13F2NO3/c1-2-15-11(17)3-4-18-12-9(13)5-8(7-16)6-10(12)14/h5-7H,2-4H2,1H3,(H,15,17). The first-order valence-electron chi connectivity index (χ1n) is 5.42. The van der Waals surface area contributed by atoms with E-state index >= 15 is 0 Å². The number of amides is 1. The Bertz CT molecular complexity index is 426. The number of hydrogen-bond acceptors (Lipinski definition) is 3. The van der Waals surface area contributed by atoms with Crippen molar-refractivity contribution in [1.82, 2.24) is 5.32 Å². The van der Waals surface area contributed by atoms with E-state index in [-0.39, 0.29) is 24.5 Å². The van der Waals surface area contributed by atoms with Crippen LogP contribution in [0.3, 0.4) is 0 Å². The Morgan fingerprint density at radius 3 is 2.50 bits per heavy atom. The Kier molecular flexibility index (Phi) is 5.23. The minimum Gasteiger partial charge on any atom is -0.487 e. The molecule has 0 unspecified atom stereocenters. The van der Waals surface area contributed by atoms with Crippen molar-refractivity contribution < 1.29 is 23.1 Å². The van der Waals surface area contributed by atoms with Crippen molar-refractivity contribution in [2.45, 2.75) is 13.3 Å². The van der Waals surface area contributed by atoms with E-state index in [4.69, 9.17) is 4.74 Å². The summed E-state index contributed by atoms with van der Waals surface area (Å²) < 4.78 is 31.5. The van der Waals surface area contributed by atoms with E-state index in [9.17, 15) is 18.4 Å². The van der Waals surface area contributed by atoms with Gasteiger partial charge in [-0.1, -0.05) is 0 Å². The van der Waals surface area contributed by atoms with Gasteiger partial charge in [0.25, 0.3) is 0 Å². The summed E-state index contributed by atoms with van der Waals surface area (Å²) in [5.74, 6) is -2.77. The first kappa shape index (κ1) is 14.1. The van der Waals surface area contributed by atoms with Gasteiger partial charge in [0.15, 0.2) is 17.4 Å². The highest BCUT2D eigenvalue weighted by atomic mass is 19.1. The van der Waals surface area contributed by atoms with Crippen molar-refractivity contribution in [2.75, 3.05) is 13.2 Å². The third kappa shape index (κ3) is 3.80. The van der Waals surface area contributed by atoms with Gasteiger partial charge >= 0.3 is 0 Å². The maximum absolute atomic E-state index is 13.3. The van der Waals surface area contributed by atoms with Gasteiger partial charge in [0.05, 0.1) is 13.0 Å². The van der Waals surface area contributed by atoms with Gasteiger partial charge in [-0.2, -0.15) is 0 Å². The molecule has 1 aromatic rings. The summed E-state index contributed by atoms with van der Waals surface area (Å²) in [6, 6.07) is 1.75. The molecule has 1 N–H and O–H groups in total. The number of ether oxygens (including phenoxy) is 1. The van der Waals surface area contributed by atoms with Crippen LogP contribution in [-0.2, 0) is 4.79 Å². The van der Waals surface area contributed by atoms with E-state index < -0.39 is 17.4 Å². The normalized spacial score (nSPS) is 9.94. The second-order valence-electron chi connectivity index (χ2n) is 3.48. The zero-order chi connectivity index (χ0) is 13.5. The lowest BCUT2D eigenvalue weighted by Crippen LogP contribution is -2.24. The molecular formula is C12H13F2NO3. The second-order valence-corrected chi connectivity index (χ2v) is 3.48. The van der Waals surface area contributed by atoms with Gasteiger partial charge in [0, 0.05) is 12.1 Å². The maximum Gasteiger partial charge on any atom is 0.223 e. The van der Waals surface area contributed by atoms with Gasteiger partial charge in [0.2, 0.25) is 5.91 Å². The molecular weight excluding hydrogens is 244 g/mol. The molecule has 0 atom stereocenters. The summed E-state index contributed by atoms with van der Waals surface area (Å²) >= 11 is 0. The topological polar surface area (TPSA) is 55.4 Å². The van der Waals surface area contributed by atoms with Crippen LogP contribution in [0.4, 0.5) is 8.78 Å². The molecule has 0 radical (unpaired) electrons. The number of benzene rings is 1. The average molecular weight is 257 g/mol. The number of rotatable bonds is 6. The van der Waals surface area contributed by atoms with Crippen LogP contribution < -0.4 is 10.1 Å². The van der Waals surface area contributed by atoms with Gasteiger partial charge in [-0.3, -0.25) is 9.59 Å². The predicted octanol–water partition coefficient (Wildman–Crippen LogP) is 1.68. The summed E-state index contributed by atoms with van der Waals surface area (Å²) in [6.45, 7) is 2.10. The van der Waals surface area contributed by atoms with E-state index in [1.807, 2.05) is 0 Å². The molecule has 98 valence electrons. The molecule has 18 heavy (non-hydrogen) atoms. The van der Waals surface area contributed by atoms with Crippen molar-refractivity contribution in [3.05, 3.63) is 29.3 Å². The number of halogens is 2. The van der Waals surface area contributed by atoms with Crippen molar-refractivity contribution >= 4 is 12.2 Å². The molecule has 1 aromatic carbocycles. The molecule has 0 heterocycles. The Morgan fingerprint density at radius 2 is 2.00 bits per heavy atom. The summed E-state index contributed by atoms with van der Waals surface area (Å²) in [5, 5.41) is 2.53. The van der Waals surface area contributed by atoms with E-state index in [0.717, 1.165) is 12.1 Å². The molecule has 6 heteroatoms. The van der Waals surface area contributed by atoms with Crippen LogP contribution in [0, 0.1) is 11.6 Å². The number of nitrogens with one attached hydrogen (secondary N) is 1. The molecule has 0 aliphatic rings. The van der Waals surface area contributed by atoms with Crippen LogP contribution in [0.1, 0.15) is 23.7 Å². The molecule has 0 fully saturated rings. The van der Waals surface area contributed by atoms with Crippen LogP contribution in [0.5, 0.6) is 5.75 Å². The summed E-state index contributed by atoms with van der Waals surface area (Å²) in [4.78, 5) is 21.4. The predicted molar refractivity (Wildman–Crippen MR) is 60.5 cm³/mol. The fourth-order valence-electron chi connectivity index (χ4n) is 1.32. The van der Waals surface area contributed by atoms with Crippen molar-refractivity contribution in [2.24, 2.45) is 0 Å². The third-order valence-electron chi connectivity index (χ3n) is 2.11. The van der Waals surface area contributed by atoms with Gasteiger partial charge < -0.3 is 10.1 Å². The van der Waals surface area contributed by atoms with E-state index in [0.29, 0.717) is 12.8 Å². The first-order chi connectivity index (χ1) is 8.58. The molecule has 0 aromatic heterocycles. The van der Waals surface area contributed by atoms with Gasteiger partial charge in [-0.25, -0.2) is 8.78 Å². The number of carbonyl (C=O) groups is 2. The zero-order valence-corrected chi connectivity index (χ0v) is 9.83. The Labute approximate surface area is 103 Å². The fraction of sp³-hybridized carbons (Fsp3) is 0.333. The van der Waals surface area contributed by atoms with Gasteiger partial charge in [0.1, 0.15) is 6.29 Å². The molecule has 0 aliphatic heterocycles. The summed E-state index contributed by atoms with van der Waals surface area (Å²) in [7, 11) is 0. The quantitative estimate of drug-likeness (QED) is 0.789. The average Bonchev–Trinajstić information content (AvgIpc) is 2.32. The Hall–Kier alpha value is -1.98. The Balaban J connectivity index is 2.62. The SMILES string of the molecule is CCNC(=O)CCOc1c(F)cc(C=O)cc1F. The first-order valence-corrected chi connectivity index (χ1v) is 5.42. The third-order valence-corrected chi connectivity index (χ3v) is 2.11. The minimum atomic E-state index is -0.965. The van der Waals surface area contributed by atoms with E-state index in [2.05, 4.69) is 5.32 Å². The largest absolute Gasteiger partial charge is 0.487 e. The molecule has 1 amide bonds. The number of hydrogen-bond donors (Lipinski definition) is 1. The second kappa shape index (κ2) is 6.68. The lowest BCUT2D eigenvalue weighted by molar-refractivity contribution is -0.121. The fourth-order valence-corrected chi connectivity index (χ4v) is 1.32. The van der Waals surface area contributed by atoms with Gasteiger partial charge in [-0.15, -0.1) is 0 Å². The monoisotopic (exact) mass is 257 g/mol. The molecule has 4 nitrogen and oxygen atoms in total. The number of aldehydes is 1. The lowest BCUT2D eigenvalue weighted by atomic mass is 10.2. The summed E-state index contributed by atoms with van der Waals surface area (Å²) in [5.41, 5.74) is -0.110. The van der Waals surface area contributed by atoms with E-state index in [1.165, 1.54) is 0 Å².